The van der Waals surface area contributed by atoms with Crippen molar-refractivity contribution >= 4 is 22.7 Å². The van der Waals surface area contributed by atoms with E-state index in [2.05, 4.69) is 42.1 Å². The second-order valence-electron chi connectivity index (χ2n) is 8.69. The minimum absolute atomic E-state index is 0.180. The Morgan fingerprint density at radius 1 is 1.13 bits per heavy atom. The SMILES string of the molecule is COC(=O)[C@H](Cc1c[nH]c2ccccc12)n1cnc(NC(C)(C)C)c1-c1ccccc1. The highest BCUT2D eigenvalue weighted by Crippen LogP contribution is 2.34. The summed E-state index contributed by atoms with van der Waals surface area (Å²) in [5.41, 5.74) is 3.78. The Labute approximate surface area is 182 Å². The lowest BCUT2D eigenvalue weighted by molar-refractivity contribution is -0.144. The molecule has 2 aromatic carbocycles. The Morgan fingerprint density at radius 2 is 1.84 bits per heavy atom. The zero-order valence-electron chi connectivity index (χ0n) is 18.3. The zero-order chi connectivity index (χ0) is 22.0. The summed E-state index contributed by atoms with van der Waals surface area (Å²) in [4.78, 5) is 20.9. The molecule has 0 saturated heterocycles. The Kier molecular flexibility index (Phi) is 5.55. The summed E-state index contributed by atoms with van der Waals surface area (Å²) in [5.74, 6) is 0.439. The molecule has 0 aliphatic rings. The van der Waals surface area contributed by atoms with E-state index in [1.807, 2.05) is 59.3 Å². The molecule has 1 atom stereocenters. The Hall–Kier alpha value is -3.54. The molecule has 0 saturated carbocycles. The van der Waals surface area contributed by atoms with Crippen molar-refractivity contribution in [2.45, 2.75) is 38.8 Å². The van der Waals surface area contributed by atoms with E-state index in [1.165, 1.54) is 7.11 Å². The molecule has 160 valence electrons. The number of aromatic nitrogens is 3. The molecule has 31 heavy (non-hydrogen) atoms. The molecule has 0 aliphatic heterocycles. The van der Waals surface area contributed by atoms with Crippen LogP contribution in [0.2, 0.25) is 0 Å². The van der Waals surface area contributed by atoms with E-state index in [1.54, 1.807) is 6.33 Å². The number of fused-ring (bicyclic) bond motifs is 1. The maximum absolute atomic E-state index is 13.0. The fourth-order valence-electron chi connectivity index (χ4n) is 3.87. The number of hydrogen-bond donors (Lipinski definition) is 2. The summed E-state index contributed by atoms with van der Waals surface area (Å²) in [5, 5.41) is 4.58. The molecule has 4 rings (SSSR count). The van der Waals surface area contributed by atoms with Gasteiger partial charge < -0.3 is 19.6 Å². The average molecular weight is 417 g/mol. The molecule has 0 radical (unpaired) electrons. The van der Waals surface area contributed by atoms with Crippen molar-refractivity contribution in [3.8, 4) is 11.3 Å². The largest absolute Gasteiger partial charge is 0.467 e. The first-order chi connectivity index (χ1) is 14.9. The number of nitrogens with zero attached hydrogens (tertiary/aromatic N) is 2. The molecule has 2 aromatic heterocycles. The van der Waals surface area contributed by atoms with E-state index in [0.29, 0.717) is 6.42 Å². The lowest BCUT2D eigenvalue weighted by atomic mass is 10.0. The summed E-state index contributed by atoms with van der Waals surface area (Å²) in [6.07, 6.45) is 4.18. The highest BCUT2D eigenvalue weighted by molar-refractivity contribution is 5.85. The van der Waals surface area contributed by atoms with E-state index in [4.69, 9.17) is 4.74 Å². The summed E-state index contributed by atoms with van der Waals surface area (Å²) in [7, 11) is 1.43. The van der Waals surface area contributed by atoms with Crippen LogP contribution >= 0.6 is 0 Å². The fourth-order valence-corrected chi connectivity index (χ4v) is 3.87. The van der Waals surface area contributed by atoms with Gasteiger partial charge in [0.05, 0.1) is 19.1 Å². The summed E-state index contributed by atoms with van der Waals surface area (Å²) >= 11 is 0. The predicted molar refractivity (Wildman–Crippen MR) is 124 cm³/mol. The smallest absolute Gasteiger partial charge is 0.329 e. The number of carbonyl (C=O) groups is 1. The van der Waals surface area contributed by atoms with Crippen molar-refractivity contribution in [3.63, 3.8) is 0 Å². The van der Waals surface area contributed by atoms with E-state index < -0.39 is 6.04 Å². The standard InChI is InChI=1S/C25H28N4O2/c1-25(2,3)28-23-22(17-10-6-5-7-11-17)29(16-27-23)21(24(30)31-4)14-18-15-26-20-13-9-8-12-19(18)20/h5-13,15-16,21,26,28H,14H2,1-4H3/t21-/m0/s1. The van der Waals surface area contributed by atoms with Crippen LogP contribution in [-0.2, 0) is 16.0 Å². The first kappa shape index (κ1) is 20.7. The monoisotopic (exact) mass is 416 g/mol. The zero-order valence-corrected chi connectivity index (χ0v) is 18.3. The number of rotatable bonds is 6. The van der Waals surface area contributed by atoms with E-state index >= 15 is 0 Å². The number of H-pyrrole nitrogens is 1. The van der Waals surface area contributed by atoms with Crippen molar-refractivity contribution in [1.29, 1.82) is 0 Å². The van der Waals surface area contributed by atoms with E-state index in [9.17, 15) is 4.79 Å². The van der Waals surface area contributed by atoms with Gasteiger partial charge in [-0.15, -0.1) is 0 Å². The average Bonchev–Trinajstić information content (AvgIpc) is 3.35. The van der Waals surface area contributed by atoms with Gasteiger partial charge in [-0.2, -0.15) is 0 Å². The van der Waals surface area contributed by atoms with Crippen LogP contribution in [0.3, 0.4) is 0 Å². The highest BCUT2D eigenvalue weighted by Gasteiger charge is 2.28. The third-order valence-corrected chi connectivity index (χ3v) is 5.23. The normalized spacial score (nSPS) is 12.6. The second-order valence-corrected chi connectivity index (χ2v) is 8.69. The minimum atomic E-state index is -0.553. The van der Waals surface area contributed by atoms with Gasteiger partial charge in [-0.05, 0) is 32.4 Å². The number of esters is 1. The third-order valence-electron chi connectivity index (χ3n) is 5.23. The van der Waals surface area contributed by atoms with Crippen molar-refractivity contribution < 1.29 is 9.53 Å². The van der Waals surface area contributed by atoms with Gasteiger partial charge in [0.25, 0.3) is 0 Å². The van der Waals surface area contributed by atoms with Crippen LogP contribution in [0.15, 0.2) is 67.1 Å². The van der Waals surface area contributed by atoms with E-state index in [-0.39, 0.29) is 11.5 Å². The molecule has 0 unspecified atom stereocenters. The first-order valence-electron chi connectivity index (χ1n) is 10.4. The number of anilines is 1. The van der Waals surface area contributed by atoms with Crippen molar-refractivity contribution in [3.05, 3.63) is 72.7 Å². The topological polar surface area (TPSA) is 71.9 Å². The number of para-hydroxylation sites is 1. The van der Waals surface area contributed by atoms with Crippen LogP contribution in [0.4, 0.5) is 5.82 Å². The van der Waals surface area contributed by atoms with Crippen LogP contribution < -0.4 is 5.32 Å². The molecule has 0 bridgehead atoms. The molecule has 6 heteroatoms. The van der Waals surface area contributed by atoms with Gasteiger partial charge in [0.1, 0.15) is 6.04 Å². The molecule has 2 heterocycles. The fraction of sp³-hybridized carbons (Fsp3) is 0.280. The summed E-state index contributed by atoms with van der Waals surface area (Å²) in [6, 6.07) is 17.5. The van der Waals surface area contributed by atoms with Crippen LogP contribution in [0.5, 0.6) is 0 Å². The highest BCUT2D eigenvalue weighted by atomic mass is 16.5. The van der Waals surface area contributed by atoms with Crippen molar-refractivity contribution in [2.24, 2.45) is 0 Å². The number of hydrogen-bond acceptors (Lipinski definition) is 4. The van der Waals surface area contributed by atoms with Gasteiger partial charge in [0.15, 0.2) is 5.82 Å². The number of methoxy groups -OCH3 is 1. The van der Waals surface area contributed by atoms with Gasteiger partial charge in [-0.25, -0.2) is 9.78 Å². The predicted octanol–water partition coefficient (Wildman–Crippen LogP) is 5.20. The number of benzene rings is 2. The minimum Gasteiger partial charge on any atom is -0.467 e. The Bertz CT molecular complexity index is 1190. The quantitative estimate of drug-likeness (QED) is 0.424. The lowest BCUT2D eigenvalue weighted by Gasteiger charge is -2.23. The molecule has 0 amide bonds. The van der Waals surface area contributed by atoms with Gasteiger partial charge in [-0.3, -0.25) is 0 Å². The molecule has 0 fully saturated rings. The van der Waals surface area contributed by atoms with Crippen LogP contribution in [0, 0.1) is 0 Å². The second kappa shape index (κ2) is 8.30. The maximum Gasteiger partial charge on any atom is 0.329 e. The number of nitrogens with one attached hydrogen (secondary N) is 2. The number of carbonyl (C=O) groups excluding carboxylic acids is 1. The number of imidazole rings is 1. The molecule has 0 spiro atoms. The Morgan fingerprint density at radius 3 is 2.55 bits per heavy atom. The van der Waals surface area contributed by atoms with E-state index in [0.717, 1.165) is 33.5 Å². The molecule has 2 N–H and O–H groups in total. The maximum atomic E-state index is 13.0. The summed E-state index contributed by atoms with van der Waals surface area (Å²) in [6.45, 7) is 6.26. The number of aromatic amines is 1. The van der Waals surface area contributed by atoms with Crippen molar-refractivity contribution in [2.75, 3.05) is 12.4 Å². The van der Waals surface area contributed by atoms with Gasteiger partial charge in [-0.1, -0.05) is 48.5 Å². The summed E-state index contributed by atoms with van der Waals surface area (Å²) < 4.78 is 7.14. The van der Waals surface area contributed by atoms with Crippen molar-refractivity contribution in [1.82, 2.24) is 14.5 Å². The number of ether oxygens (including phenoxy) is 1. The lowest BCUT2D eigenvalue weighted by Crippen LogP contribution is -2.27. The van der Waals surface area contributed by atoms with Gasteiger partial charge in [0, 0.05) is 34.6 Å². The molecule has 4 aromatic rings. The van der Waals surface area contributed by atoms with Crippen LogP contribution in [-0.4, -0.2) is 33.2 Å². The van der Waals surface area contributed by atoms with Crippen LogP contribution in [0.1, 0.15) is 32.4 Å². The molecular formula is C25H28N4O2. The first-order valence-corrected chi connectivity index (χ1v) is 10.4. The Balaban J connectivity index is 1.82. The van der Waals surface area contributed by atoms with Crippen LogP contribution in [0.25, 0.3) is 22.2 Å². The molecule has 0 aliphatic carbocycles. The third kappa shape index (κ3) is 4.33. The molecular weight excluding hydrogens is 388 g/mol. The van der Waals surface area contributed by atoms with Gasteiger partial charge in [0.2, 0.25) is 0 Å². The molecule has 6 nitrogen and oxygen atoms in total. The van der Waals surface area contributed by atoms with Gasteiger partial charge >= 0.3 is 5.97 Å².